The van der Waals surface area contributed by atoms with Crippen LogP contribution in [0.2, 0.25) is 5.15 Å². The first-order chi connectivity index (χ1) is 6.08. The van der Waals surface area contributed by atoms with E-state index in [2.05, 4.69) is 4.98 Å². The third-order valence-corrected chi connectivity index (χ3v) is 2.06. The average molecular weight is 199 g/mol. The van der Waals surface area contributed by atoms with Gasteiger partial charge in [-0.25, -0.2) is 4.98 Å². The van der Waals surface area contributed by atoms with Crippen molar-refractivity contribution in [3.05, 3.63) is 28.5 Å². The molecule has 0 radical (unpaired) electrons. The summed E-state index contributed by atoms with van der Waals surface area (Å²) >= 11 is 5.82. The normalized spacial score (nSPS) is 12.9. The van der Waals surface area contributed by atoms with Crippen molar-refractivity contribution in [3.63, 3.8) is 0 Å². The number of aromatic nitrogens is 1. The molecular weight excluding hydrogens is 184 g/mol. The molecule has 1 unspecified atom stereocenters. The van der Waals surface area contributed by atoms with Gasteiger partial charge in [-0.1, -0.05) is 11.6 Å². The number of rotatable bonds is 3. The van der Waals surface area contributed by atoms with E-state index in [1.807, 2.05) is 26.0 Å². The lowest BCUT2D eigenvalue weighted by atomic mass is 10.1. The van der Waals surface area contributed by atoms with Crippen molar-refractivity contribution in [1.29, 1.82) is 0 Å². The number of aryl methyl sites for hydroxylation is 2. The standard InChI is InChI=1S/C10H15ClN2/c1-7(12)3-4-9-5-8(2)13-10(11)6-9/h5-7H,3-4,12H2,1-2H3. The molecule has 0 aliphatic carbocycles. The van der Waals surface area contributed by atoms with Crippen LogP contribution < -0.4 is 5.73 Å². The molecule has 72 valence electrons. The second-order valence-electron chi connectivity index (χ2n) is 3.46. The highest BCUT2D eigenvalue weighted by Crippen LogP contribution is 2.12. The van der Waals surface area contributed by atoms with Crippen molar-refractivity contribution < 1.29 is 0 Å². The van der Waals surface area contributed by atoms with Crippen molar-refractivity contribution in [2.24, 2.45) is 5.73 Å². The lowest BCUT2D eigenvalue weighted by Gasteiger charge is -2.05. The van der Waals surface area contributed by atoms with Crippen LogP contribution in [-0.2, 0) is 6.42 Å². The van der Waals surface area contributed by atoms with Crippen LogP contribution in [0.25, 0.3) is 0 Å². The SMILES string of the molecule is Cc1cc(CCC(C)N)cc(Cl)n1. The lowest BCUT2D eigenvalue weighted by molar-refractivity contribution is 0.665. The van der Waals surface area contributed by atoms with Gasteiger partial charge >= 0.3 is 0 Å². The fraction of sp³-hybridized carbons (Fsp3) is 0.500. The van der Waals surface area contributed by atoms with Crippen molar-refractivity contribution in [3.8, 4) is 0 Å². The van der Waals surface area contributed by atoms with E-state index >= 15 is 0 Å². The van der Waals surface area contributed by atoms with E-state index < -0.39 is 0 Å². The van der Waals surface area contributed by atoms with Gasteiger partial charge in [-0.2, -0.15) is 0 Å². The molecule has 0 saturated carbocycles. The number of hydrogen-bond donors (Lipinski definition) is 1. The molecule has 1 rings (SSSR count). The van der Waals surface area contributed by atoms with Crippen LogP contribution >= 0.6 is 11.6 Å². The molecule has 0 aliphatic rings. The van der Waals surface area contributed by atoms with Gasteiger partial charge in [-0.3, -0.25) is 0 Å². The summed E-state index contributed by atoms with van der Waals surface area (Å²) in [5.41, 5.74) is 7.85. The van der Waals surface area contributed by atoms with Crippen molar-refractivity contribution in [2.75, 3.05) is 0 Å². The Morgan fingerprint density at radius 3 is 2.77 bits per heavy atom. The predicted octanol–water partition coefficient (Wildman–Crippen LogP) is 2.32. The van der Waals surface area contributed by atoms with Gasteiger partial charge in [0.1, 0.15) is 5.15 Å². The minimum atomic E-state index is 0.243. The highest BCUT2D eigenvalue weighted by Gasteiger charge is 2.00. The summed E-state index contributed by atoms with van der Waals surface area (Å²) in [5.74, 6) is 0. The Hall–Kier alpha value is -0.600. The maximum absolute atomic E-state index is 5.82. The van der Waals surface area contributed by atoms with Gasteiger partial charge in [0.15, 0.2) is 0 Å². The molecule has 2 nitrogen and oxygen atoms in total. The maximum atomic E-state index is 5.82. The van der Waals surface area contributed by atoms with Crippen molar-refractivity contribution in [1.82, 2.24) is 4.98 Å². The quantitative estimate of drug-likeness (QED) is 0.758. The molecule has 0 saturated heterocycles. The Kier molecular flexibility index (Phi) is 3.70. The molecule has 0 fully saturated rings. The van der Waals surface area contributed by atoms with E-state index in [1.165, 1.54) is 5.56 Å². The van der Waals surface area contributed by atoms with Crippen LogP contribution in [0, 0.1) is 6.92 Å². The summed E-state index contributed by atoms with van der Waals surface area (Å²) in [6.07, 6.45) is 1.96. The minimum Gasteiger partial charge on any atom is -0.328 e. The van der Waals surface area contributed by atoms with Gasteiger partial charge in [0.05, 0.1) is 0 Å². The van der Waals surface area contributed by atoms with Crippen LogP contribution in [0.1, 0.15) is 24.6 Å². The summed E-state index contributed by atoms with van der Waals surface area (Å²) in [6.45, 7) is 3.96. The van der Waals surface area contributed by atoms with E-state index in [0.717, 1.165) is 18.5 Å². The summed E-state index contributed by atoms with van der Waals surface area (Å²) in [7, 11) is 0. The third-order valence-electron chi connectivity index (χ3n) is 1.87. The van der Waals surface area contributed by atoms with Crippen LogP contribution in [0.5, 0.6) is 0 Å². The summed E-state index contributed by atoms with van der Waals surface area (Å²) in [4.78, 5) is 4.10. The highest BCUT2D eigenvalue weighted by molar-refractivity contribution is 6.29. The van der Waals surface area contributed by atoms with Gasteiger partial charge in [0.25, 0.3) is 0 Å². The fourth-order valence-electron chi connectivity index (χ4n) is 1.23. The summed E-state index contributed by atoms with van der Waals surface area (Å²) in [5, 5.41) is 0.569. The van der Waals surface area contributed by atoms with Gasteiger partial charge in [0, 0.05) is 11.7 Å². The van der Waals surface area contributed by atoms with E-state index in [4.69, 9.17) is 17.3 Å². The zero-order chi connectivity index (χ0) is 9.84. The van der Waals surface area contributed by atoms with Crippen LogP contribution in [-0.4, -0.2) is 11.0 Å². The van der Waals surface area contributed by atoms with E-state index in [0.29, 0.717) is 5.15 Å². The summed E-state index contributed by atoms with van der Waals surface area (Å²) < 4.78 is 0. The van der Waals surface area contributed by atoms with Gasteiger partial charge in [-0.05, 0) is 44.4 Å². The number of nitrogens with zero attached hydrogens (tertiary/aromatic N) is 1. The Morgan fingerprint density at radius 1 is 1.54 bits per heavy atom. The highest BCUT2D eigenvalue weighted by atomic mass is 35.5. The molecule has 1 aromatic heterocycles. The Balaban J connectivity index is 2.66. The molecule has 1 heterocycles. The van der Waals surface area contributed by atoms with Gasteiger partial charge in [-0.15, -0.1) is 0 Å². The lowest BCUT2D eigenvalue weighted by Crippen LogP contribution is -2.15. The first kappa shape index (κ1) is 10.5. The molecule has 3 heteroatoms. The summed E-state index contributed by atoms with van der Waals surface area (Å²) in [6, 6.07) is 4.19. The number of hydrogen-bond acceptors (Lipinski definition) is 2. The Morgan fingerprint density at radius 2 is 2.23 bits per heavy atom. The average Bonchev–Trinajstić information content (AvgIpc) is 1.99. The van der Waals surface area contributed by atoms with E-state index in [9.17, 15) is 0 Å². The molecule has 0 amide bonds. The molecule has 0 aliphatic heterocycles. The Labute approximate surface area is 84.1 Å². The van der Waals surface area contributed by atoms with Gasteiger partial charge in [0.2, 0.25) is 0 Å². The molecule has 0 bridgehead atoms. The first-order valence-electron chi connectivity index (χ1n) is 4.46. The van der Waals surface area contributed by atoms with Crippen molar-refractivity contribution in [2.45, 2.75) is 32.7 Å². The largest absolute Gasteiger partial charge is 0.328 e. The van der Waals surface area contributed by atoms with E-state index in [1.54, 1.807) is 0 Å². The number of nitrogens with two attached hydrogens (primary N) is 1. The second-order valence-corrected chi connectivity index (χ2v) is 3.84. The second kappa shape index (κ2) is 4.58. The molecular formula is C10H15ClN2. The molecule has 13 heavy (non-hydrogen) atoms. The first-order valence-corrected chi connectivity index (χ1v) is 4.84. The van der Waals surface area contributed by atoms with Crippen molar-refractivity contribution >= 4 is 11.6 Å². The van der Waals surface area contributed by atoms with Gasteiger partial charge < -0.3 is 5.73 Å². The molecule has 0 spiro atoms. The van der Waals surface area contributed by atoms with Crippen LogP contribution in [0.15, 0.2) is 12.1 Å². The molecule has 2 N–H and O–H groups in total. The van der Waals surface area contributed by atoms with Crippen LogP contribution in [0.3, 0.4) is 0 Å². The molecule has 0 aromatic carbocycles. The monoisotopic (exact) mass is 198 g/mol. The smallest absolute Gasteiger partial charge is 0.129 e. The number of halogens is 1. The maximum Gasteiger partial charge on any atom is 0.129 e. The zero-order valence-corrected chi connectivity index (χ0v) is 8.80. The fourth-order valence-corrected chi connectivity index (χ4v) is 1.51. The molecule has 1 atom stereocenters. The number of pyridine rings is 1. The van der Waals surface area contributed by atoms with Crippen LogP contribution in [0.4, 0.5) is 0 Å². The molecule has 1 aromatic rings. The predicted molar refractivity (Wildman–Crippen MR) is 56.0 cm³/mol. The Bertz CT molecular complexity index is 264. The minimum absolute atomic E-state index is 0.243. The zero-order valence-electron chi connectivity index (χ0n) is 8.05. The third kappa shape index (κ3) is 3.75. The topological polar surface area (TPSA) is 38.9 Å². The van der Waals surface area contributed by atoms with E-state index in [-0.39, 0.29) is 6.04 Å².